The van der Waals surface area contributed by atoms with Crippen molar-refractivity contribution < 1.29 is 31.1 Å². The van der Waals surface area contributed by atoms with Gasteiger partial charge >= 0.3 is 6.18 Å². The minimum absolute atomic E-state index is 0.0870. The number of alkyl halides is 3. The third kappa shape index (κ3) is 5.77. The highest BCUT2D eigenvalue weighted by Crippen LogP contribution is 2.36. The SMILES string of the molecule is COc1ccc(N(CC(=O)Nc2ccc(Cl)cc2C(F)(F)F)S(=O)(=O)c2ccccc2)cc1. The van der Waals surface area contributed by atoms with Gasteiger partial charge in [0, 0.05) is 5.02 Å². The Morgan fingerprint density at radius 2 is 1.67 bits per heavy atom. The lowest BCUT2D eigenvalue weighted by Crippen LogP contribution is -2.38. The maximum absolute atomic E-state index is 13.4. The fraction of sp³-hybridized carbons (Fsp3) is 0.136. The maximum Gasteiger partial charge on any atom is 0.418 e. The van der Waals surface area contributed by atoms with E-state index in [0.717, 1.165) is 10.4 Å². The summed E-state index contributed by atoms with van der Waals surface area (Å²) >= 11 is 5.67. The molecular weight excluding hydrogens is 481 g/mol. The maximum atomic E-state index is 13.4. The van der Waals surface area contributed by atoms with E-state index in [2.05, 4.69) is 5.32 Å². The lowest BCUT2D eigenvalue weighted by molar-refractivity contribution is -0.137. The number of sulfonamides is 1. The molecule has 3 rings (SSSR count). The molecule has 0 radical (unpaired) electrons. The Balaban J connectivity index is 1.96. The van der Waals surface area contributed by atoms with E-state index in [9.17, 15) is 26.4 Å². The van der Waals surface area contributed by atoms with Crippen LogP contribution in [-0.4, -0.2) is 28.0 Å². The smallest absolute Gasteiger partial charge is 0.418 e. The van der Waals surface area contributed by atoms with Crippen molar-refractivity contribution in [3.8, 4) is 5.75 Å². The van der Waals surface area contributed by atoms with Gasteiger partial charge in [0.15, 0.2) is 0 Å². The van der Waals surface area contributed by atoms with Gasteiger partial charge in [0.25, 0.3) is 10.0 Å². The molecule has 0 atom stereocenters. The van der Waals surface area contributed by atoms with E-state index >= 15 is 0 Å². The molecule has 0 saturated heterocycles. The first-order valence-electron chi connectivity index (χ1n) is 9.41. The van der Waals surface area contributed by atoms with Gasteiger partial charge in [0.1, 0.15) is 12.3 Å². The van der Waals surface area contributed by atoms with Gasteiger partial charge in [0.05, 0.1) is 28.9 Å². The minimum Gasteiger partial charge on any atom is -0.497 e. The van der Waals surface area contributed by atoms with Crippen LogP contribution in [0.15, 0.2) is 77.7 Å². The molecule has 0 heterocycles. The highest BCUT2D eigenvalue weighted by Gasteiger charge is 2.35. The second-order valence-electron chi connectivity index (χ2n) is 6.76. The van der Waals surface area contributed by atoms with Crippen LogP contribution < -0.4 is 14.4 Å². The molecule has 174 valence electrons. The number of ether oxygens (including phenoxy) is 1. The number of hydrogen-bond acceptors (Lipinski definition) is 4. The van der Waals surface area contributed by atoms with Crippen LogP contribution >= 0.6 is 11.6 Å². The number of carbonyl (C=O) groups excluding carboxylic acids is 1. The Morgan fingerprint density at radius 1 is 1.03 bits per heavy atom. The third-order valence-electron chi connectivity index (χ3n) is 4.54. The largest absolute Gasteiger partial charge is 0.497 e. The van der Waals surface area contributed by atoms with E-state index in [1.54, 1.807) is 6.07 Å². The fourth-order valence-electron chi connectivity index (χ4n) is 2.96. The van der Waals surface area contributed by atoms with Crippen LogP contribution in [0.4, 0.5) is 24.5 Å². The van der Waals surface area contributed by atoms with Gasteiger partial charge < -0.3 is 10.1 Å². The molecule has 0 aliphatic heterocycles. The van der Waals surface area contributed by atoms with Crippen molar-refractivity contribution in [3.63, 3.8) is 0 Å². The van der Waals surface area contributed by atoms with Crippen molar-refractivity contribution in [3.05, 3.63) is 83.4 Å². The van der Waals surface area contributed by atoms with Gasteiger partial charge in [0.2, 0.25) is 5.91 Å². The van der Waals surface area contributed by atoms with E-state index in [1.165, 1.54) is 61.7 Å². The van der Waals surface area contributed by atoms with Gasteiger partial charge in [-0.1, -0.05) is 29.8 Å². The summed E-state index contributed by atoms with van der Waals surface area (Å²) in [5.41, 5.74) is -1.56. The zero-order valence-corrected chi connectivity index (χ0v) is 18.7. The van der Waals surface area contributed by atoms with Crippen molar-refractivity contribution in [2.45, 2.75) is 11.1 Å². The number of carbonyl (C=O) groups is 1. The molecule has 1 N–H and O–H groups in total. The average molecular weight is 499 g/mol. The number of benzene rings is 3. The third-order valence-corrected chi connectivity index (χ3v) is 6.56. The Labute approximate surface area is 193 Å². The number of anilines is 2. The van der Waals surface area contributed by atoms with E-state index in [-0.39, 0.29) is 15.6 Å². The standard InChI is InChI=1S/C22H18ClF3N2O4S/c1-32-17-10-8-16(9-11-17)28(33(30,31)18-5-3-2-4-6-18)14-21(29)27-20-12-7-15(23)13-19(20)22(24,25)26/h2-13H,14H2,1H3,(H,27,29). The van der Waals surface area contributed by atoms with Crippen molar-refractivity contribution >= 4 is 38.9 Å². The van der Waals surface area contributed by atoms with Crippen LogP contribution in [0.25, 0.3) is 0 Å². The molecular formula is C22H18ClF3N2O4S. The van der Waals surface area contributed by atoms with Crippen molar-refractivity contribution in [2.75, 3.05) is 23.3 Å². The first kappa shape index (κ1) is 24.4. The van der Waals surface area contributed by atoms with Gasteiger partial charge in [-0.2, -0.15) is 13.2 Å². The van der Waals surface area contributed by atoms with Crippen LogP contribution in [0.5, 0.6) is 5.75 Å². The number of amides is 1. The highest BCUT2D eigenvalue weighted by molar-refractivity contribution is 7.92. The molecule has 0 aromatic heterocycles. The molecule has 1 amide bonds. The lowest BCUT2D eigenvalue weighted by atomic mass is 10.1. The molecule has 0 fully saturated rings. The second-order valence-corrected chi connectivity index (χ2v) is 9.06. The van der Waals surface area contributed by atoms with Gasteiger partial charge in [-0.25, -0.2) is 8.42 Å². The van der Waals surface area contributed by atoms with Gasteiger partial charge in [-0.15, -0.1) is 0 Å². The van der Waals surface area contributed by atoms with Crippen LogP contribution in [0.1, 0.15) is 5.56 Å². The Kier molecular flexibility index (Phi) is 7.19. The molecule has 0 bridgehead atoms. The number of methoxy groups -OCH3 is 1. The fourth-order valence-corrected chi connectivity index (χ4v) is 4.58. The molecule has 11 heteroatoms. The monoisotopic (exact) mass is 498 g/mol. The Bertz CT molecular complexity index is 1230. The Morgan fingerprint density at radius 3 is 2.24 bits per heavy atom. The van der Waals surface area contributed by atoms with E-state index < -0.39 is 39.9 Å². The van der Waals surface area contributed by atoms with Gasteiger partial charge in [-0.05, 0) is 54.6 Å². The number of nitrogens with zero attached hydrogens (tertiary/aromatic N) is 1. The summed E-state index contributed by atoms with van der Waals surface area (Å²) in [6.45, 7) is -0.774. The molecule has 6 nitrogen and oxygen atoms in total. The van der Waals surface area contributed by atoms with Crippen LogP contribution in [0, 0.1) is 0 Å². The van der Waals surface area contributed by atoms with Crippen molar-refractivity contribution in [2.24, 2.45) is 0 Å². The Hall–Kier alpha value is -3.24. The topological polar surface area (TPSA) is 75.7 Å². The predicted octanol–water partition coefficient (Wildman–Crippen LogP) is 5.20. The molecule has 0 aliphatic carbocycles. The zero-order valence-electron chi connectivity index (χ0n) is 17.1. The highest BCUT2D eigenvalue weighted by atomic mass is 35.5. The minimum atomic E-state index is -4.78. The quantitative estimate of drug-likeness (QED) is 0.486. The summed E-state index contributed by atoms with van der Waals surface area (Å²) in [5.74, 6) is -0.519. The van der Waals surface area contributed by atoms with E-state index in [0.29, 0.717) is 11.8 Å². The first-order valence-corrected chi connectivity index (χ1v) is 11.2. The number of halogens is 4. The normalized spacial score (nSPS) is 11.7. The zero-order chi connectivity index (χ0) is 24.2. The van der Waals surface area contributed by atoms with Crippen molar-refractivity contribution in [1.29, 1.82) is 0 Å². The number of nitrogens with one attached hydrogen (secondary N) is 1. The summed E-state index contributed by atoms with van der Waals surface area (Å²) in [4.78, 5) is 12.6. The van der Waals surface area contributed by atoms with E-state index in [1.807, 2.05) is 0 Å². The molecule has 0 saturated carbocycles. The van der Waals surface area contributed by atoms with Gasteiger partial charge in [-0.3, -0.25) is 9.10 Å². The summed E-state index contributed by atoms with van der Waals surface area (Å²) in [6.07, 6.45) is -4.78. The van der Waals surface area contributed by atoms with Crippen molar-refractivity contribution in [1.82, 2.24) is 0 Å². The second kappa shape index (κ2) is 9.72. The first-order chi connectivity index (χ1) is 15.5. The van der Waals surface area contributed by atoms with Crippen LogP contribution in [0.2, 0.25) is 5.02 Å². The lowest BCUT2D eigenvalue weighted by Gasteiger charge is -2.24. The summed E-state index contributed by atoms with van der Waals surface area (Å²) in [5, 5.41) is 1.98. The number of hydrogen-bond donors (Lipinski definition) is 1. The summed E-state index contributed by atoms with van der Waals surface area (Å²) < 4.78 is 72.5. The molecule has 3 aromatic carbocycles. The average Bonchev–Trinajstić information content (AvgIpc) is 2.78. The van der Waals surface area contributed by atoms with Crippen LogP contribution in [-0.2, 0) is 21.0 Å². The van der Waals surface area contributed by atoms with Crippen LogP contribution in [0.3, 0.4) is 0 Å². The molecule has 0 unspecified atom stereocenters. The number of rotatable bonds is 7. The predicted molar refractivity (Wildman–Crippen MR) is 119 cm³/mol. The van der Waals surface area contributed by atoms with E-state index in [4.69, 9.17) is 16.3 Å². The summed E-state index contributed by atoms with van der Waals surface area (Å²) in [6, 6.07) is 16.1. The summed E-state index contributed by atoms with van der Waals surface area (Å²) in [7, 11) is -2.78. The molecule has 0 spiro atoms. The molecule has 33 heavy (non-hydrogen) atoms. The molecule has 0 aliphatic rings. The molecule has 3 aromatic rings.